The van der Waals surface area contributed by atoms with E-state index in [1.807, 2.05) is 25.9 Å². The van der Waals surface area contributed by atoms with Crippen molar-refractivity contribution in [3.05, 3.63) is 0 Å². The lowest BCUT2D eigenvalue weighted by Crippen LogP contribution is -2.29. The number of hydrogen-bond acceptors (Lipinski definition) is 3. The third-order valence-electron chi connectivity index (χ3n) is 1.87. The highest BCUT2D eigenvalue weighted by Gasteiger charge is 2.07. The van der Waals surface area contributed by atoms with E-state index in [9.17, 15) is 8.42 Å². The van der Waals surface area contributed by atoms with E-state index < -0.39 is 10.0 Å². The molecule has 0 rings (SSSR count). The highest BCUT2D eigenvalue weighted by atomic mass is 32.2. The Morgan fingerprint density at radius 1 is 1.21 bits per heavy atom. The first-order chi connectivity index (χ1) is 6.48. The van der Waals surface area contributed by atoms with Crippen molar-refractivity contribution < 1.29 is 8.42 Å². The van der Waals surface area contributed by atoms with E-state index in [0.717, 1.165) is 25.8 Å². The number of nitrogens with zero attached hydrogens (tertiary/aromatic N) is 1. The predicted octanol–water partition coefficient (Wildman–Crippen LogP) is 0.658. The zero-order valence-corrected chi connectivity index (χ0v) is 10.2. The third-order valence-corrected chi connectivity index (χ3v) is 3.34. The summed E-state index contributed by atoms with van der Waals surface area (Å²) in [5.41, 5.74) is 0. The molecule has 0 aromatic heterocycles. The minimum Gasteiger partial charge on any atom is -0.309 e. The van der Waals surface area contributed by atoms with Crippen LogP contribution in [0.15, 0.2) is 0 Å². The van der Waals surface area contributed by atoms with Gasteiger partial charge in [-0.05, 0) is 33.5 Å². The zero-order chi connectivity index (χ0) is 11.0. The maximum Gasteiger partial charge on any atom is 0.211 e. The first-order valence-electron chi connectivity index (χ1n) is 5.10. The normalized spacial score (nSPS) is 12.3. The maximum atomic E-state index is 11.3. The quantitative estimate of drug-likeness (QED) is 0.614. The highest BCUT2D eigenvalue weighted by molar-refractivity contribution is 7.89. The molecule has 0 unspecified atom stereocenters. The van der Waals surface area contributed by atoms with Crippen LogP contribution in [0, 0.1) is 0 Å². The zero-order valence-electron chi connectivity index (χ0n) is 9.41. The molecule has 0 fully saturated rings. The molecule has 0 amide bonds. The molecule has 0 saturated heterocycles. The van der Waals surface area contributed by atoms with Crippen molar-refractivity contribution in [3.63, 3.8) is 0 Å². The molecule has 4 nitrogen and oxygen atoms in total. The molecule has 0 bridgehead atoms. The van der Waals surface area contributed by atoms with E-state index in [4.69, 9.17) is 0 Å². The van der Waals surface area contributed by atoms with E-state index in [-0.39, 0.29) is 5.75 Å². The van der Waals surface area contributed by atoms with Gasteiger partial charge in [-0.15, -0.1) is 0 Å². The first-order valence-corrected chi connectivity index (χ1v) is 6.75. The predicted molar refractivity (Wildman–Crippen MR) is 59.9 cm³/mol. The van der Waals surface area contributed by atoms with Crippen molar-refractivity contribution in [1.82, 2.24) is 9.62 Å². The smallest absolute Gasteiger partial charge is 0.211 e. The van der Waals surface area contributed by atoms with Gasteiger partial charge in [0.05, 0.1) is 5.75 Å². The summed E-state index contributed by atoms with van der Waals surface area (Å²) in [6.07, 6.45) is 2.51. The third kappa shape index (κ3) is 8.47. The molecule has 0 heterocycles. The van der Waals surface area contributed by atoms with Gasteiger partial charge < -0.3 is 4.90 Å². The van der Waals surface area contributed by atoms with E-state index >= 15 is 0 Å². The Kier molecular flexibility index (Phi) is 7.13. The lowest BCUT2D eigenvalue weighted by atomic mass is 10.4. The topological polar surface area (TPSA) is 49.4 Å². The fraction of sp³-hybridized carbons (Fsp3) is 1.00. The Morgan fingerprint density at radius 3 is 2.36 bits per heavy atom. The van der Waals surface area contributed by atoms with Crippen LogP contribution >= 0.6 is 0 Å². The summed E-state index contributed by atoms with van der Waals surface area (Å²) in [6.45, 7) is 3.45. The van der Waals surface area contributed by atoms with Gasteiger partial charge in [-0.25, -0.2) is 13.1 Å². The van der Waals surface area contributed by atoms with Crippen molar-refractivity contribution in [3.8, 4) is 0 Å². The largest absolute Gasteiger partial charge is 0.309 e. The van der Waals surface area contributed by atoms with E-state index in [1.54, 1.807) is 0 Å². The van der Waals surface area contributed by atoms with E-state index in [1.165, 1.54) is 0 Å². The summed E-state index contributed by atoms with van der Waals surface area (Å²) >= 11 is 0. The van der Waals surface area contributed by atoms with Gasteiger partial charge in [0.15, 0.2) is 0 Å². The van der Waals surface area contributed by atoms with E-state index in [0.29, 0.717) is 6.54 Å². The maximum absolute atomic E-state index is 11.3. The minimum absolute atomic E-state index is 0.255. The van der Waals surface area contributed by atoms with Gasteiger partial charge in [0, 0.05) is 6.54 Å². The molecule has 0 saturated carbocycles. The van der Waals surface area contributed by atoms with Crippen LogP contribution in [0.5, 0.6) is 0 Å². The molecule has 0 aromatic rings. The molecule has 86 valence electrons. The SMILES string of the molecule is CCCCS(=O)(=O)NCCCN(C)C. The number of hydrogen-bond donors (Lipinski definition) is 1. The van der Waals surface area contributed by atoms with Crippen LogP contribution in [0.4, 0.5) is 0 Å². The van der Waals surface area contributed by atoms with Crippen molar-refractivity contribution in [2.75, 3.05) is 32.9 Å². The van der Waals surface area contributed by atoms with Crippen molar-refractivity contribution >= 4 is 10.0 Å². The molecule has 14 heavy (non-hydrogen) atoms. The van der Waals surface area contributed by atoms with Gasteiger partial charge in [0.25, 0.3) is 0 Å². The number of unbranched alkanes of at least 4 members (excludes halogenated alkanes) is 1. The number of rotatable bonds is 8. The van der Waals surface area contributed by atoms with Gasteiger partial charge in [-0.3, -0.25) is 0 Å². The fourth-order valence-corrected chi connectivity index (χ4v) is 2.30. The Labute approximate surface area is 87.7 Å². The van der Waals surface area contributed by atoms with Gasteiger partial charge in [-0.2, -0.15) is 0 Å². The molecule has 0 aromatic carbocycles. The number of nitrogens with one attached hydrogen (secondary N) is 1. The Hall–Kier alpha value is -0.130. The average Bonchev–Trinajstić information content (AvgIpc) is 2.09. The summed E-state index contributed by atoms with van der Waals surface area (Å²) < 4.78 is 25.2. The summed E-state index contributed by atoms with van der Waals surface area (Å²) in [5, 5.41) is 0. The van der Waals surface area contributed by atoms with Crippen LogP contribution in [0.3, 0.4) is 0 Å². The average molecular weight is 222 g/mol. The van der Waals surface area contributed by atoms with E-state index in [2.05, 4.69) is 4.72 Å². The van der Waals surface area contributed by atoms with Gasteiger partial charge in [-0.1, -0.05) is 13.3 Å². The summed E-state index contributed by atoms with van der Waals surface area (Å²) in [4.78, 5) is 2.04. The lowest BCUT2D eigenvalue weighted by molar-refractivity contribution is 0.400. The van der Waals surface area contributed by atoms with Gasteiger partial charge in [0.1, 0.15) is 0 Å². The first kappa shape index (κ1) is 13.9. The lowest BCUT2D eigenvalue weighted by Gasteiger charge is -2.09. The summed E-state index contributed by atoms with van der Waals surface area (Å²) in [5.74, 6) is 0.255. The van der Waals surface area contributed by atoms with Crippen LogP contribution in [-0.2, 0) is 10.0 Å². The molecule has 0 aliphatic carbocycles. The van der Waals surface area contributed by atoms with Crippen LogP contribution < -0.4 is 4.72 Å². The molecule has 0 radical (unpaired) electrons. The molecular weight excluding hydrogens is 200 g/mol. The van der Waals surface area contributed by atoms with Crippen molar-refractivity contribution in [1.29, 1.82) is 0 Å². The molecule has 0 spiro atoms. The molecule has 1 N–H and O–H groups in total. The van der Waals surface area contributed by atoms with Crippen LogP contribution in [0.1, 0.15) is 26.2 Å². The van der Waals surface area contributed by atoms with Gasteiger partial charge in [0.2, 0.25) is 10.0 Å². The Morgan fingerprint density at radius 2 is 1.86 bits per heavy atom. The summed E-state index contributed by atoms with van der Waals surface area (Å²) in [7, 11) is 0.945. The van der Waals surface area contributed by atoms with Crippen molar-refractivity contribution in [2.24, 2.45) is 0 Å². The highest BCUT2D eigenvalue weighted by Crippen LogP contribution is 1.93. The molecule has 0 aliphatic rings. The van der Waals surface area contributed by atoms with Crippen LogP contribution in [0.25, 0.3) is 0 Å². The minimum atomic E-state index is -3.01. The van der Waals surface area contributed by atoms with Crippen LogP contribution in [0.2, 0.25) is 0 Å². The Balaban J connectivity index is 3.56. The van der Waals surface area contributed by atoms with Crippen molar-refractivity contribution in [2.45, 2.75) is 26.2 Å². The fourth-order valence-electron chi connectivity index (χ4n) is 1.03. The van der Waals surface area contributed by atoms with Crippen LogP contribution in [-0.4, -0.2) is 46.3 Å². The number of sulfonamides is 1. The molecule has 0 atom stereocenters. The molecular formula is C9H22N2O2S. The second-order valence-electron chi connectivity index (χ2n) is 3.72. The Bertz CT molecular complexity index is 225. The second kappa shape index (κ2) is 7.20. The standard InChI is InChI=1S/C9H22N2O2S/c1-4-5-9-14(12,13)10-7-6-8-11(2)3/h10H,4-9H2,1-3H3. The van der Waals surface area contributed by atoms with Gasteiger partial charge >= 0.3 is 0 Å². The summed E-state index contributed by atoms with van der Waals surface area (Å²) in [6, 6.07) is 0. The molecule has 5 heteroatoms. The second-order valence-corrected chi connectivity index (χ2v) is 5.65. The molecule has 0 aliphatic heterocycles. The monoisotopic (exact) mass is 222 g/mol.